The van der Waals surface area contributed by atoms with Crippen LogP contribution in [0.15, 0.2) is 18.3 Å². The van der Waals surface area contributed by atoms with Gasteiger partial charge in [-0.1, -0.05) is 0 Å². The number of nitrogens with zero attached hydrogens (tertiary/aromatic N) is 2. The zero-order valence-corrected chi connectivity index (χ0v) is 11.6. The lowest BCUT2D eigenvalue weighted by molar-refractivity contribution is 0.112. The Labute approximate surface area is 117 Å². The van der Waals surface area contributed by atoms with E-state index in [-0.39, 0.29) is 11.7 Å². The smallest absolute Gasteiger partial charge is 0.265 e. The van der Waals surface area contributed by atoms with Crippen LogP contribution in [0.3, 0.4) is 0 Å². The Balaban J connectivity index is 1.80. The molecule has 0 radical (unpaired) electrons. The Hall–Kier alpha value is -1.27. The number of aromatic nitrogens is 1. The summed E-state index contributed by atoms with van der Waals surface area (Å²) in [6, 6.07) is 2.88. The van der Waals surface area contributed by atoms with Gasteiger partial charge in [-0.25, -0.2) is 18.8 Å². The molecule has 2 N–H and O–H groups in total. The van der Waals surface area contributed by atoms with E-state index in [0.29, 0.717) is 11.8 Å². The largest absolute Gasteiger partial charge is 0.474 e. The third-order valence-corrected chi connectivity index (χ3v) is 3.64. The van der Waals surface area contributed by atoms with Gasteiger partial charge in [0.15, 0.2) is 0 Å². The number of ether oxygens (including phenoxy) is 1. The van der Waals surface area contributed by atoms with Crippen LogP contribution in [0.5, 0.6) is 5.88 Å². The molecule has 1 aromatic rings. The first kappa shape index (κ1) is 15.1. The van der Waals surface area contributed by atoms with Crippen molar-refractivity contribution in [2.75, 3.05) is 13.6 Å². The zero-order chi connectivity index (χ0) is 14.5. The quantitative estimate of drug-likeness (QED) is 0.667. The van der Waals surface area contributed by atoms with Crippen molar-refractivity contribution in [2.45, 2.75) is 38.2 Å². The van der Waals surface area contributed by atoms with Crippen molar-refractivity contribution in [3.8, 4) is 5.88 Å². The molecule has 1 aliphatic rings. The molecule has 1 heterocycles. The molecular formula is C14H21F2N3O. The standard InChI is InChI=1S/C14H21F2N3O/c1-19(17)9-10-2-5-12(6-3-10)20-13-7-4-11(8-18-13)14(15)16/h4,7-8,10,12,14H,2-3,5-6,9,17H2,1H3. The van der Waals surface area contributed by atoms with Gasteiger partial charge in [-0.3, -0.25) is 5.84 Å². The number of alkyl halides is 2. The highest BCUT2D eigenvalue weighted by Crippen LogP contribution is 2.27. The van der Waals surface area contributed by atoms with Gasteiger partial charge in [0.05, 0.1) is 0 Å². The van der Waals surface area contributed by atoms with Gasteiger partial charge in [0.2, 0.25) is 5.88 Å². The van der Waals surface area contributed by atoms with Gasteiger partial charge in [-0.05, 0) is 37.7 Å². The Kier molecular flexibility index (Phi) is 5.25. The number of pyridine rings is 1. The molecule has 2 rings (SSSR count). The molecule has 1 aliphatic carbocycles. The Morgan fingerprint density at radius 1 is 1.35 bits per heavy atom. The van der Waals surface area contributed by atoms with Crippen molar-refractivity contribution in [3.05, 3.63) is 23.9 Å². The van der Waals surface area contributed by atoms with Crippen molar-refractivity contribution in [3.63, 3.8) is 0 Å². The Morgan fingerprint density at radius 3 is 2.55 bits per heavy atom. The molecule has 4 nitrogen and oxygen atoms in total. The number of halogens is 2. The van der Waals surface area contributed by atoms with Crippen molar-refractivity contribution in [1.82, 2.24) is 9.99 Å². The molecule has 0 aromatic carbocycles. The van der Waals surface area contributed by atoms with E-state index in [9.17, 15) is 8.78 Å². The summed E-state index contributed by atoms with van der Waals surface area (Å²) in [5.74, 6) is 6.69. The number of rotatable bonds is 5. The van der Waals surface area contributed by atoms with E-state index in [1.165, 1.54) is 18.3 Å². The summed E-state index contributed by atoms with van der Waals surface area (Å²) >= 11 is 0. The van der Waals surface area contributed by atoms with Crippen LogP contribution in [-0.2, 0) is 0 Å². The molecule has 0 saturated heterocycles. The van der Waals surface area contributed by atoms with Crippen molar-refractivity contribution in [1.29, 1.82) is 0 Å². The predicted molar refractivity (Wildman–Crippen MR) is 72.4 cm³/mol. The lowest BCUT2D eigenvalue weighted by Gasteiger charge is -2.30. The molecule has 1 aromatic heterocycles. The van der Waals surface area contributed by atoms with Gasteiger partial charge < -0.3 is 4.74 Å². The minimum absolute atomic E-state index is 0.0768. The van der Waals surface area contributed by atoms with E-state index < -0.39 is 6.43 Å². The van der Waals surface area contributed by atoms with Gasteiger partial charge in [-0.15, -0.1) is 0 Å². The number of hydrogen-bond acceptors (Lipinski definition) is 4. The molecule has 0 atom stereocenters. The van der Waals surface area contributed by atoms with Gasteiger partial charge >= 0.3 is 0 Å². The van der Waals surface area contributed by atoms with Crippen LogP contribution in [-0.4, -0.2) is 29.7 Å². The molecule has 0 amide bonds. The maximum Gasteiger partial charge on any atom is 0.265 e. The predicted octanol–water partition coefficient (Wildman–Crippen LogP) is 2.76. The minimum atomic E-state index is -2.49. The minimum Gasteiger partial charge on any atom is -0.474 e. The van der Waals surface area contributed by atoms with E-state index in [0.717, 1.165) is 32.2 Å². The second-order valence-corrected chi connectivity index (χ2v) is 5.43. The van der Waals surface area contributed by atoms with Gasteiger partial charge in [0.1, 0.15) is 6.10 Å². The molecule has 1 saturated carbocycles. The van der Waals surface area contributed by atoms with Crippen LogP contribution in [0.4, 0.5) is 8.78 Å². The van der Waals surface area contributed by atoms with Crippen LogP contribution in [0.25, 0.3) is 0 Å². The van der Waals surface area contributed by atoms with E-state index in [2.05, 4.69) is 4.98 Å². The number of nitrogens with two attached hydrogens (primary N) is 1. The average Bonchev–Trinajstić information content (AvgIpc) is 2.41. The molecule has 6 heteroatoms. The maximum atomic E-state index is 12.4. The highest BCUT2D eigenvalue weighted by molar-refractivity contribution is 5.18. The zero-order valence-electron chi connectivity index (χ0n) is 11.6. The molecule has 0 spiro atoms. The first-order valence-electron chi connectivity index (χ1n) is 6.91. The van der Waals surface area contributed by atoms with Gasteiger partial charge in [-0.2, -0.15) is 0 Å². The van der Waals surface area contributed by atoms with Crippen molar-refractivity contribution < 1.29 is 13.5 Å². The fourth-order valence-electron chi connectivity index (χ4n) is 2.60. The van der Waals surface area contributed by atoms with Crippen LogP contribution in [0.1, 0.15) is 37.7 Å². The van der Waals surface area contributed by atoms with Crippen LogP contribution in [0, 0.1) is 5.92 Å². The molecule has 0 bridgehead atoms. The van der Waals surface area contributed by atoms with E-state index in [1.807, 2.05) is 7.05 Å². The van der Waals surface area contributed by atoms with E-state index in [4.69, 9.17) is 10.6 Å². The fraction of sp³-hybridized carbons (Fsp3) is 0.643. The lowest BCUT2D eigenvalue weighted by atomic mass is 9.87. The van der Waals surface area contributed by atoms with Crippen LogP contribution < -0.4 is 10.6 Å². The van der Waals surface area contributed by atoms with Crippen molar-refractivity contribution >= 4 is 0 Å². The second kappa shape index (κ2) is 6.95. The average molecular weight is 285 g/mol. The molecule has 112 valence electrons. The van der Waals surface area contributed by atoms with Crippen molar-refractivity contribution in [2.24, 2.45) is 11.8 Å². The maximum absolute atomic E-state index is 12.4. The van der Waals surface area contributed by atoms with E-state index in [1.54, 1.807) is 5.01 Å². The first-order chi connectivity index (χ1) is 9.54. The second-order valence-electron chi connectivity index (χ2n) is 5.43. The Morgan fingerprint density at radius 2 is 2.05 bits per heavy atom. The topological polar surface area (TPSA) is 51.4 Å². The fourth-order valence-corrected chi connectivity index (χ4v) is 2.60. The molecule has 0 aliphatic heterocycles. The SMILES string of the molecule is CN(N)CC1CCC(Oc2ccc(C(F)F)cn2)CC1. The highest BCUT2D eigenvalue weighted by Gasteiger charge is 2.23. The van der Waals surface area contributed by atoms with Gasteiger partial charge in [0.25, 0.3) is 6.43 Å². The van der Waals surface area contributed by atoms with E-state index >= 15 is 0 Å². The third kappa shape index (κ3) is 4.38. The summed E-state index contributed by atoms with van der Waals surface area (Å²) in [5.41, 5.74) is -0.0768. The third-order valence-electron chi connectivity index (χ3n) is 3.64. The Bertz CT molecular complexity index is 403. The van der Waals surface area contributed by atoms with Gasteiger partial charge in [0, 0.05) is 31.4 Å². The number of hydrazine groups is 1. The summed E-state index contributed by atoms with van der Waals surface area (Å²) < 4.78 is 30.6. The summed E-state index contributed by atoms with van der Waals surface area (Å²) in [6.45, 7) is 0.897. The molecule has 0 unspecified atom stereocenters. The summed E-state index contributed by atoms with van der Waals surface area (Å²) in [7, 11) is 1.87. The summed E-state index contributed by atoms with van der Waals surface area (Å²) in [4.78, 5) is 3.93. The lowest BCUT2D eigenvalue weighted by Crippen LogP contribution is -2.35. The molecular weight excluding hydrogens is 264 g/mol. The number of hydrogen-bond donors (Lipinski definition) is 1. The normalized spacial score (nSPS) is 23.3. The first-order valence-corrected chi connectivity index (χ1v) is 6.91. The van der Waals surface area contributed by atoms with Crippen LogP contribution in [0.2, 0.25) is 0 Å². The molecule has 1 fully saturated rings. The summed E-state index contributed by atoms with van der Waals surface area (Å²) in [6.07, 6.45) is 2.87. The highest BCUT2D eigenvalue weighted by atomic mass is 19.3. The summed E-state index contributed by atoms with van der Waals surface area (Å²) in [5, 5.41) is 1.72. The monoisotopic (exact) mass is 285 g/mol. The molecule has 20 heavy (non-hydrogen) atoms. The van der Waals surface area contributed by atoms with Crippen LogP contribution >= 0.6 is 0 Å².